The summed E-state index contributed by atoms with van der Waals surface area (Å²) in [7, 11) is 0. The van der Waals surface area contributed by atoms with Crippen molar-refractivity contribution in [3.05, 3.63) is 64.4 Å². The van der Waals surface area contributed by atoms with Crippen LogP contribution in [0, 0.1) is 5.82 Å². The van der Waals surface area contributed by atoms with Crippen molar-refractivity contribution in [3.8, 4) is 5.75 Å². The van der Waals surface area contributed by atoms with Crippen molar-refractivity contribution in [3.63, 3.8) is 0 Å². The van der Waals surface area contributed by atoms with Gasteiger partial charge in [-0.2, -0.15) is 0 Å². The van der Waals surface area contributed by atoms with E-state index in [2.05, 4.69) is 0 Å². The van der Waals surface area contributed by atoms with Crippen LogP contribution in [0.5, 0.6) is 5.75 Å². The summed E-state index contributed by atoms with van der Waals surface area (Å²) in [4.78, 5) is 0. The molecule has 0 aliphatic heterocycles. The first-order chi connectivity index (χ1) is 8.70. The van der Waals surface area contributed by atoms with E-state index < -0.39 is 5.82 Å². The standard InChI is InChI=1S/C14H13ClFNO/c15-13-7-12(5-6-14(13)16)18-9-11-4-2-1-3-10(11)8-17/h1-7H,8-9,17H2. The summed E-state index contributed by atoms with van der Waals surface area (Å²) in [6.07, 6.45) is 0. The predicted molar refractivity (Wildman–Crippen MR) is 70.1 cm³/mol. The van der Waals surface area contributed by atoms with E-state index in [9.17, 15) is 4.39 Å². The van der Waals surface area contributed by atoms with Crippen LogP contribution in [-0.4, -0.2) is 0 Å². The molecule has 0 radical (unpaired) electrons. The second-order valence-electron chi connectivity index (χ2n) is 3.84. The van der Waals surface area contributed by atoms with Crippen molar-refractivity contribution in [1.29, 1.82) is 0 Å². The third kappa shape index (κ3) is 3.00. The summed E-state index contributed by atoms with van der Waals surface area (Å²) in [6.45, 7) is 0.846. The Bertz CT molecular complexity index is 545. The zero-order valence-corrected chi connectivity index (χ0v) is 10.5. The lowest BCUT2D eigenvalue weighted by atomic mass is 10.1. The van der Waals surface area contributed by atoms with Gasteiger partial charge in [0.2, 0.25) is 0 Å². The Morgan fingerprint density at radius 2 is 1.83 bits per heavy atom. The predicted octanol–water partition coefficient (Wildman–Crippen LogP) is 3.52. The molecule has 0 saturated heterocycles. The third-order valence-electron chi connectivity index (χ3n) is 2.62. The molecule has 0 amide bonds. The van der Waals surface area contributed by atoms with Crippen molar-refractivity contribution >= 4 is 11.6 Å². The van der Waals surface area contributed by atoms with E-state index in [1.165, 1.54) is 12.1 Å². The Morgan fingerprint density at radius 1 is 1.11 bits per heavy atom. The second-order valence-corrected chi connectivity index (χ2v) is 4.24. The molecule has 0 unspecified atom stereocenters. The Kier molecular flexibility index (Phi) is 4.18. The molecule has 0 aliphatic carbocycles. The zero-order valence-electron chi connectivity index (χ0n) is 9.70. The molecule has 94 valence electrons. The van der Waals surface area contributed by atoms with Gasteiger partial charge in [0.1, 0.15) is 18.2 Å². The van der Waals surface area contributed by atoms with Gasteiger partial charge in [0.25, 0.3) is 0 Å². The van der Waals surface area contributed by atoms with Crippen molar-refractivity contribution < 1.29 is 9.13 Å². The molecule has 0 saturated carbocycles. The van der Waals surface area contributed by atoms with E-state index in [0.717, 1.165) is 11.1 Å². The molecular formula is C14H13ClFNO. The summed E-state index contributed by atoms with van der Waals surface area (Å²) in [5.74, 6) is 0.0830. The van der Waals surface area contributed by atoms with E-state index >= 15 is 0 Å². The molecule has 0 aliphatic rings. The lowest BCUT2D eigenvalue weighted by Gasteiger charge is -2.10. The van der Waals surface area contributed by atoms with Crippen molar-refractivity contribution in [2.75, 3.05) is 0 Å². The van der Waals surface area contributed by atoms with Crippen molar-refractivity contribution in [2.45, 2.75) is 13.2 Å². The molecule has 2 nitrogen and oxygen atoms in total. The summed E-state index contributed by atoms with van der Waals surface area (Å²) < 4.78 is 18.5. The summed E-state index contributed by atoms with van der Waals surface area (Å²) >= 11 is 5.68. The fraction of sp³-hybridized carbons (Fsp3) is 0.143. The zero-order chi connectivity index (χ0) is 13.0. The van der Waals surface area contributed by atoms with Gasteiger partial charge in [-0.15, -0.1) is 0 Å². The number of benzene rings is 2. The summed E-state index contributed by atoms with van der Waals surface area (Å²) in [5, 5.41) is 0.0552. The van der Waals surface area contributed by atoms with Gasteiger partial charge in [0.15, 0.2) is 0 Å². The molecule has 0 heterocycles. The Labute approximate surface area is 110 Å². The number of nitrogens with two attached hydrogens (primary N) is 1. The average Bonchev–Trinajstić information content (AvgIpc) is 2.40. The topological polar surface area (TPSA) is 35.2 Å². The summed E-state index contributed by atoms with van der Waals surface area (Å²) in [5.41, 5.74) is 7.68. The van der Waals surface area contributed by atoms with E-state index in [-0.39, 0.29) is 5.02 Å². The fourth-order valence-corrected chi connectivity index (χ4v) is 1.80. The first-order valence-corrected chi connectivity index (χ1v) is 5.93. The largest absolute Gasteiger partial charge is 0.489 e. The second kappa shape index (κ2) is 5.85. The van der Waals surface area contributed by atoms with E-state index in [4.69, 9.17) is 22.1 Å². The maximum absolute atomic E-state index is 13.0. The maximum Gasteiger partial charge on any atom is 0.142 e. The molecule has 2 aromatic carbocycles. The lowest BCUT2D eigenvalue weighted by molar-refractivity contribution is 0.304. The molecule has 0 atom stereocenters. The Hall–Kier alpha value is -1.58. The number of rotatable bonds is 4. The van der Waals surface area contributed by atoms with Gasteiger partial charge in [-0.25, -0.2) is 4.39 Å². The quantitative estimate of drug-likeness (QED) is 0.918. The lowest BCUT2D eigenvalue weighted by Crippen LogP contribution is -2.04. The molecule has 0 bridgehead atoms. The number of ether oxygens (including phenoxy) is 1. The molecule has 2 rings (SSSR count). The molecular weight excluding hydrogens is 253 g/mol. The smallest absolute Gasteiger partial charge is 0.142 e. The Balaban J connectivity index is 2.09. The number of hydrogen-bond acceptors (Lipinski definition) is 2. The van der Waals surface area contributed by atoms with Crippen LogP contribution >= 0.6 is 11.6 Å². The third-order valence-corrected chi connectivity index (χ3v) is 2.91. The van der Waals surface area contributed by atoms with Crippen molar-refractivity contribution in [2.24, 2.45) is 5.73 Å². The van der Waals surface area contributed by atoms with E-state index in [1.54, 1.807) is 6.07 Å². The van der Waals surface area contributed by atoms with Crippen LogP contribution in [0.4, 0.5) is 4.39 Å². The van der Waals surface area contributed by atoms with Crippen LogP contribution in [0.1, 0.15) is 11.1 Å². The first kappa shape index (κ1) is 12.9. The van der Waals surface area contributed by atoms with E-state index in [0.29, 0.717) is 18.9 Å². The highest BCUT2D eigenvalue weighted by Crippen LogP contribution is 2.22. The highest BCUT2D eigenvalue weighted by molar-refractivity contribution is 6.30. The van der Waals surface area contributed by atoms with Crippen molar-refractivity contribution in [1.82, 2.24) is 0 Å². The normalized spacial score (nSPS) is 10.4. The van der Waals surface area contributed by atoms with Crippen LogP contribution in [0.25, 0.3) is 0 Å². The molecule has 0 spiro atoms. The van der Waals surface area contributed by atoms with Crippen LogP contribution < -0.4 is 10.5 Å². The SMILES string of the molecule is NCc1ccccc1COc1ccc(F)c(Cl)c1. The highest BCUT2D eigenvalue weighted by atomic mass is 35.5. The maximum atomic E-state index is 13.0. The minimum atomic E-state index is -0.452. The van der Waals surface area contributed by atoms with Gasteiger partial charge in [0.05, 0.1) is 5.02 Å². The minimum absolute atomic E-state index is 0.0552. The number of halogens is 2. The Morgan fingerprint density at radius 3 is 2.50 bits per heavy atom. The van der Waals surface area contributed by atoms with Crippen LogP contribution in [-0.2, 0) is 13.2 Å². The highest BCUT2D eigenvalue weighted by Gasteiger charge is 2.04. The van der Waals surface area contributed by atoms with Gasteiger partial charge in [-0.1, -0.05) is 35.9 Å². The first-order valence-electron chi connectivity index (χ1n) is 5.55. The molecule has 2 N–H and O–H groups in total. The van der Waals surface area contributed by atoms with Crippen LogP contribution in [0.3, 0.4) is 0 Å². The van der Waals surface area contributed by atoms with Gasteiger partial charge >= 0.3 is 0 Å². The molecule has 18 heavy (non-hydrogen) atoms. The van der Waals surface area contributed by atoms with E-state index in [1.807, 2.05) is 24.3 Å². The molecule has 0 fully saturated rings. The average molecular weight is 266 g/mol. The monoisotopic (exact) mass is 265 g/mol. The molecule has 0 aromatic heterocycles. The van der Waals surface area contributed by atoms with Crippen LogP contribution in [0.2, 0.25) is 5.02 Å². The molecule has 4 heteroatoms. The number of hydrogen-bond donors (Lipinski definition) is 1. The van der Waals surface area contributed by atoms with Gasteiger partial charge in [-0.05, 0) is 23.3 Å². The van der Waals surface area contributed by atoms with Gasteiger partial charge in [0, 0.05) is 12.6 Å². The summed E-state index contributed by atoms with van der Waals surface area (Å²) in [6, 6.07) is 12.1. The van der Waals surface area contributed by atoms with Gasteiger partial charge < -0.3 is 10.5 Å². The fourth-order valence-electron chi connectivity index (χ4n) is 1.63. The molecule has 2 aromatic rings. The van der Waals surface area contributed by atoms with Gasteiger partial charge in [-0.3, -0.25) is 0 Å². The van der Waals surface area contributed by atoms with Crippen LogP contribution in [0.15, 0.2) is 42.5 Å². The minimum Gasteiger partial charge on any atom is -0.489 e.